The van der Waals surface area contributed by atoms with E-state index in [9.17, 15) is 4.79 Å². The molecule has 18 heavy (non-hydrogen) atoms. The zero-order valence-corrected chi connectivity index (χ0v) is 11.6. The molecule has 0 aromatic heterocycles. The number of Topliss-reactive ketones (excluding diaryl/α,β-unsaturated/α-hetero) is 1. The Labute approximate surface area is 111 Å². The van der Waals surface area contributed by atoms with Gasteiger partial charge in [0.15, 0.2) is 0 Å². The molecule has 1 aromatic rings. The molecule has 98 valence electrons. The van der Waals surface area contributed by atoms with Crippen molar-refractivity contribution in [3.63, 3.8) is 0 Å². The lowest BCUT2D eigenvalue weighted by Gasteiger charge is -2.28. The number of hydrogen-bond donors (Lipinski definition) is 0. The fraction of sp³-hybridized carbons (Fsp3) is 0.588. The van der Waals surface area contributed by atoms with Gasteiger partial charge in [0.1, 0.15) is 5.78 Å². The Morgan fingerprint density at radius 2 is 1.94 bits per heavy atom. The molecule has 2 atom stereocenters. The van der Waals surface area contributed by atoms with Crippen molar-refractivity contribution in [2.75, 3.05) is 0 Å². The van der Waals surface area contributed by atoms with Gasteiger partial charge >= 0.3 is 0 Å². The van der Waals surface area contributed by atoms with Crippen molar-refractivity contribution in [2.24, 2.45) is 11.8 Å². The predicted octanol–water partition coefficient (Wildman–Crippen LogP) is 4.58. The third-order valence-electron chi connectivity index (χ3n) is 4.43. The van der Waals surface area contributed by atoms with Crippen LogP contribution in [0.4, 0.5) is 0 Å². The lowest BCUT2D eigenvalue weighted by atomic mass is 9.75. The lowest BCUT2D eigenvalue weighted by Crippen LogP contribution is -2.24. The first kappa shape index (κ1) is 13.3. The summed E-state index contributed by atoms with van der Waals surface area (Å²) in [6.07, 6.45) is 5.69. The summed E-state index contributed by atoms with van der Waals surface area (Å²) >= 11 is 0. The number of hydrogen-bond acceptors (Lipinski definition) is 1. The monoisotopic (exact) mass is 244 g/mol. The van der Waals surface area contributed by atoms with Crippen molar-refractivity contribution in [3.8, 4) is 0 Å². The number of rotatable bonds is 6. The van der Waals surface area contributed by atoms with Gasteiger partial charge in [-0.05, 0) is 17.4 Å². The summed E-state index contributed by atoms with van der Waals surface area (Å²) in [5.41, 5.74) is 1.20. The smallest absolute Gasteiger partial charge is 0.140 e. The first-order valence-electron chi connectivity index (χ1n) is 7.30. The molecule has 1 aliphatic carbocycles. The highest BCUT2D eigenvalue weighted by Gasteiger charge is 2.29. The molecule has 0 N–H and O–H groups in total. The molecule has 1 nitrogen and oxygen atoms in total. The van der Waals surface area contributed by atoms with Crippen LogP contribution in [0.5, 0.6) is 0 Å². The molecule has 0 radical (unpaired) electrons. The van der Waals surface area contributed by atoms with Gasteiger partial charge in [-0.3, -0.25) is 4.79 Å². The van der Waals surface area contributed by atoms with E-state index in [1.165, 1.54) is 24.8 Å². The largest absolute Gasteiger partial charge is 0.299 e. The first-order chi connectivity index (χ1) is 8.72. The molecule has 2 rings (SSSR count). The Hall–Kier alpha value is -1.11. The van der Waals surface area contributed by atoms with E-state index >= 15 is 0 Å². The van der Waals surface area contributed by atoms with Crippen LogP contribution in [0.25, 0.3) is 0 Å². The van der Waals surface area contributed by atoms with E-state index in [0.29, 0.717) is 17.6 Å². The van der Waals surface area contributed by atoms with Gasteiger partial charge < -0.3 is 0 Å². The van der Waals surface area contributed by atoms with Crippen LogP contribution < -0.4 is 0 Å². The summed E-state index contributed by atoms with van der Waals surface area (Å²) in [6.45, 7) is 4.38. The van der Waals surface area contributed by atoms with E-state index in [1.54, 1.807) is 0 Å². The highest BCUT2D eigenvalue weighted by Crippen LogP contribution is 2.35. The van der Waals surface area contributed by atoms with Gasteiger partial charge in [0, 0.05) is 12.3 Å². The molecule has 0 aliphatic heterocycles. The van der Waals surface area contributed by atoms with Gasteiger partial charge in [-0.25, -0.2) is 0 Å². The van der Waals surface area contributed by atoms with E-state index < -0.39 is 0 Å². The van der Waals surface area contributed by atoms with Crippen LogP contribution >= 0.6 is 0 Å². The topological polar surface area (TPSA) is 17.1 Å². The molecule has 0 heterocycles. The normalized spacial score (nSPS) is 19.0. The third kappa shape index (κ3) is 3.01. The summed E-state index contributed by atoms with van der Waals surface area (Å²) < 4.78 is 0. The Balaban J connectivity index is 2.11. The Morgan fingerprint density at radius 3 is 2.44 bits per heavy atom. The quantitative estimate of drug-likeness (QED) is 0.716. The van der Waals surface area contributed by atoms with Gasteiger partial charge in [0.2, 0.25) is 0 Å². The van der Waals surface area contributed by atoms with Gasteiger partial charge in [-0.2, -0.15) is 0 Å². The average molecular weight is 244 g/mol. The van der Waals surface area contributed by atoms with E-state index in [1.807, 2.05) is 18.2 Å². The predicted molar refractivity (Wildman–Crippen MR) is 75.6 cm³/mol. The highest BCUT2D eigenvalue weighted by molar-refractivity contribution is 5.86. The van der Waals surface area contributed by atoms with Crippen LogP contribution in [0.3, 0.4) is 0 Å². The van der Waals surface area contributed by atoms with Crippen LogP contribution in [0.15, 0.2) is 30.3 Å². The van der Waals surface area contributed by atoms with Crippen LogP contribution in [0.2, 0.25) is 0 Å². The Morgan fingerprint density at radius 1 is 1.28 bits per heavy atom. The molecule has 1 aliphatic rings. The lowest BCUT2D eigenvalue weighted by molar-refractivity contribution is -0.123. The molecule has 1 fully saturated rings. The first-order valence-corrected chi connectivity index (χ1v) is 7.30. The van der Waals surface area contributed by atoms with Crippen molar-refractivity contribution < 1.29 is 4.79 Å². The molecule has 0 saturated heterocycles. The third-order valence-corrected chi connectivity index (χ3v) is 4.43. The molecule has 1 saturated carbocycles. The molecular formula is C17H24O. The maximum Gasteiger partial charge on any atom is 0.140 e. The highest BCUT2D eigenvalue weighted by atomic mass is 16.1. The van der Waals surface area contributed by atoms with Crippen molar-refractivity contribution in [1.29, 1.82) is 0 Å². The minimum absolute atomic E-state index is 0.108. The van der Waals surface area contributed by atoms with Crippen molar-refractivity contribution in [2.45, 2.75) is 51.9 Å². The molecule has 2 unspecified atom stereocenters. The molecule has 1 aromatic carbocycles. The summed E-state index contributed by atoms with van der Waals surface area (Å²) in [6, 6.07) is 10.3. The second kappa shape index (κ2) is 6.17. The van der Waals surface area contributed by atoms with Gasteiger partial charge in [-0.1, -0.05) is 69.9 Å². The maximum atomic E-state index is 12.5. The minimum atomic E-state index is 0.108. The molecule has 0 amide bonds. The number of ketones is 1. The molecule has 0 spiro atoms. The molecule has 1 heteroatoms. The summed E-state index contributed by atoms with van der Waals surface area (Å²) in [5.74, 6) is 1.68. The Kier molecular flexibility index (Phi) is 4.57. The molecule has 0 bridgehead atoms. The van der Waals surface area contributed by atoms with Gasteiger partial charge in [0.25, 0.3) is 0 Å². The van der Waals surface area contributed by atoms with Gasteiger partial charge in [-0.15, -0.1) is 0 Å². The maximum absolute atomic E-state index is 12.5. The van der Waals surface area contributed by atoms with E-state index in [2.05, 4.69) is 26.0 Å². The van der Waals surface area contributed by atoms with E-state index in [4.69, 9.17) is 0 Å². The fourth-order valence-corrected chi connectivity index (χ4v) is 2.84. The standard InChI is InChI=1S/C17H24O/c1-3-13(2)17(15-10-5-4-6-11-15)16(18)12-14-8-7-9-14/h4-6,10-11,13-14,17H,3,7-9,12H2,1-2H3. The number of benzene rings is 1. The summed E-state index contributed by atoms with van der Waals surface area (Å²) in [7, 11) is 0. The van der Waals surface area contributed by atoms with E-state index in [0.717, 1.165) is 12.8 Å². The van der Waals surface area contributed by atoms with Crippen molar-refractivity contribution in [3.05, 3.63) is 35.9 Å². The van der Waals surface area contributed by atoms with Crippen molar-refractivity contribution in [1.82, 2.24) is 0 Å². The second-order valence-electron chi connectivity index (χ2n) is 5.74. The van der Waals surface area contributed by atoms with Crippen molar-refractivity contribution >= 4 is 5.78 Å². The van der Waals surface area contributed by atoms with Gasteiger partial charge in [0.05, 0.1) is 0 Å². The Bertz CT molecular complexity index is 378. The SMILES string of the molecule is CCC(C)C(C(=O)CC1CCC1)c1ccccc1. The van der Waals surface area contributed by atoms with Crippen LogP contribution in [-0.2, 0) is 4.79 Å². The second-order valence-corrected chi connectivity index (χ2v) is 5.74. The van der Waals surface area contributed by atoms with E-state index in [-0.39, 0.29) is 5.92 Å². The zero-order valence-electron chi connectivity index (χ0n) is 11.6. The molecular weight excluding hydrogens is 220 g/mol. The summed E-state index contributed by atoms with van der Waals surface area (Å²) in [5, 5.41) is 0. The minimum Gasteiger partial charge on any atom is -0.299 e. The van der Waals surface area contributed by atoms with Crippen LogP contribution in [-0.4, -0.2) is 5.78 Å². The average Bonchev–Trinajstić information content (AvgIpc) is 2.35. The zero-order chi connectivity index (χ0) is 13.0. The number of carbonyl (C=O) groups excluding carboxylic acids is 1. The fourth-order valence-electron chi connectivity index (χ4n) is 2.84. The summed E-state index contributed by atoms with van der Waals surface area (Å²) in [4.78, 5) is 12.5. The number of carbonyl (C=O) groups is 1. The van der Waals surface area contributed by atoms with Crippen LogP contribution in [0.1, 0.15) is 57.4 Å². The van der Waals surface area contributed by atoms with Crippen LogP contribution in [0, 0.1) is 11.8 Å².